The molecule has 37 heavy (non-hydrogen) atoms. The third-order valence-electron chi connectivity index (χ3n) is 7.01. The van der Waals surface area contributed by atoms with Crippen LogP contribution in [0.15, 0.2) is 53.2 Å². The molecule has 2 aromatic heterocycles. The summed E-state index contributed by atoms with van der Waals surface area (Å²) in [4.78, 5) is 17.0. The minimum absolute atomic E-state index is 0.00176. The maximum absolute atomic E-state index is 12.6. The van der Waals surface area contributed by atoms with E-state index >= 15 is 0 Å². The van der Waals surface area contributed by atoms with Crippen molar-refractivity contribution in [2.24, 2.45) is 0 Å². The van der Waals surface area contributed by atoms with Gasteiger partial charge in [0.2, 0.25) is 0 Å². The van der Waals surface area contributed by atoms with Crippen LogP contribution in [0.25, 0.3) is 11.3 Å². The van der Waals surface area contributed by atoms with E-state index in [4.69, 9.17) is 13.7 Å². The highest BCUT2D eigenvalue weighted by Gasteiger charge is 2.45. The first-order valence-corrected chi connectivity index (χ1v) is 15.1. The number of aliphatic hydroxyl groups is 1. The summed E-state index contributed by atoms with van der Waals surface area (Å²) in [6, 6.07) is 13.0. The van der Waals surface area contributed by atoms with Gasteiger partial charge in [0.1, 0.15) is 11.8 Å². The number of ether oxygens (including phenoxy) is 1. The fraction of sp³-hybridized carbons (Fsp3) is 0.444. The van der Waals surface area contributed by atoms with Gasteiger partial charge >= 0.3 is 0 Å². The molecule has 0 spiro atoms. The van der Waals surface area contributed by atoms with Crippen molar-refractivity contribution < 1.29 is 28.8 Å². The number of benzene rings is 1. The average molecular weight is 528 g/mol. The predicted molar refractivity (Wildman–Crippen MR) is 141 cm³/mol. The molecule has 0 aliphatic heterocycles. The normalized spacial score (nSPS) is 14.7. The molecule has 200 valence electrons. The van der Waals surface area contributed by atoms with Crippen LogP contribution in [-0.2, 0) is 27.2 Å². The number of pyridine rings is 1. The van der Waals surface area contributed by atoms with E-state index < -0.39 is 25.9 Å². The molecule has 2 heterocycles. The van der Waals surface area contributed by atoms with E-state index in [1.165, 1.54) is 13.0 Å². The Balaban J connectivity index is 1.71. The van der Waals surface area contributed by atoms with Crippen molar-refractivity contribution in [2.45, 2.75) is 77.7 Å². The zero-order chi connectivity index (χ0) is 27.4. The van der Waals surface area contributed by atoms with Gasteiger partial charge in [0.05, 0.1) is 18.9 Å². The number of hydrogen-bond donors (Lipinski definition) is 3. The number of hydrogen-bond acceptors (Lipinski definition) is 8. The lowest BCUT2D eigenvalue weighted by Gasteiger charge is -2.35. The first kappa shape index (κ1) is 28.7. The number of hydroxylamine groups is 1. The molecule has 9 nitrogen and oxygen atoms in total. The van der Waals surface area contributed by atoms with Gasteiger partial charge in [0, 0.05) is 17.8 Å². The van der Waals surface area contributed by atoms with Crippen molar-refractivity contribution in [3.63, 3.8) is 0 Å². The third kappa shape index (κ3) is 6.71. The number of aromatic nitrogens is 2. The van der Waals surface area contributed by atoms with Crippen molar-refractivity contribution in [1.82, 2.24) is 15.6 Å². The highest BCUT2D eigenvalue weighted by Crippen LogP contribution is 2.37. The fourth-order valence-electron chi connectivity index (χ4n) is 3.30. The smallest absolute Gasteiger partial charge is 0.278 e. The van der Waals surface area contributed by atoms with E-state index in [1.54, 1.807) is 5.48 Å². The summed E-state index contributed by atoms with van der Waals surface area (Å²) in [5, 5.41) is 24.3. The first-order valence-electron chi connectivity index (χ1n) is 12.1. The quantitative estimate of drug-likeness (QED) is 0.189. The van der Waals surface area contributed by atoms with Crippen LogP contribution in [0.4, 0.5) is 0 Å². The van der Waals surface area contributed by atoms with Gasteiger partial charge in [-0.2, -0.15) is 0 Å². The largest absolute Gasteiger partial charge is 0.409 e. The summed E-state index contributed by atoms with van der Waals surface area (Å²) in [6.45, 7) is 14.2. The number of nitrogens with zero attached hydrogens (tertiary/aromatic N) is 2. The fourth-order valence-corrected chi connectivity index (χ4v) is 4.24. The summed E-state index contributed by atoms with van der Waals surface area (Å²) in [5.74, 6) is -0.492. The number of amides is 1. The molecule has 1 amide bonds. The molecular formula is C27H37N3O6Si. The van der Waals surface area contributed by atoms with Gasteiger partial charge in [-0.15, -0.1) is 0 Å². The van der Waals surface area contributed by atoms with Crippen LogP contribution in [0.3, 0.4) is 0 Å². The van der Waals surface area contributed by atoms with Gasteiger partial charge in [-0.05, 0) is 49.2 Å². The number of carbonyl (C=O) groups is 1. The molecule has 3 aromatic rings. The number of rotatable bonds is 10. The Labute approximate surface area is 218 Å². The monoisotopic (exact) mass is 527 g/mol. The Morgan fingerprint density at radius 2 is 1.78 bits per heavy atom. The second-order valence-electron chi connectivity index (χ2n) is 10.9. The lowest BCUT2D eigenvalue weighted by molar-refractivity contribution is -0.174. The van der Waals surface area contributed by atoms with E-state index in [0.717, 1.165) is 22.4 Å². The Kier molecular flexibility index (Phi) is 8.71. The topological polar surface area (TPSA) is 127 Å². The Morgan fingerprint density at radius 1 is 1.11 bits per heavy atom. The van der Waals surface area contributed by atoms with Crippen LogP contribution >= 0.6 is 0 Å². The first-order chi connectivity index (χ1) is 17.3. The predicted octanol–water partition coefficient (Wildman–Crippen LogP) is 5.08. The molecule has 10 heteroatoms. The van der Waals surface area contributed by atoms with Crippen molar-refractivity contribution in [1.29, 1.82) is 0 Å². The molecular weight excluding hydrogens is 490 g/mol. The highest BCUT2D eigenvalue weighted by molar-refractivity contribution is 6.74. The summed E-state index contributed by atoms with van der Waals surface area (Å²) in [7, 11) is -2.02. The van der Waals surface area contributed by atoms with E-state index in [1.807, 2.05) is 49.5 Å². The molecule has 0 saturated heterocycles. The van der Waals surface area contributed by atoms with Gasteiger partial charge in [-0.1, -0.05) is 56.3 Å². The van der Waals surface area contributed by atoms with E-state index in [2.05, 4.69) is 44.0 Å². The number of aryl methyl sites for hydroxylation is 1. The lowest BCUT2D eigenvalue weighted by Crippen LogP contribution is -2.50. The van der Waals surface area contributed by atoms with Crippen molar-refractivity contribution in [3.8, 4) is 11.3 Å². The third-order valence-corrected chi connectivity index (χ3v) is 11.5. The van der Waals surface area contributed by atoms with Gasteiger partial charge in [-0.25, -0.2) is 5.48 Å². The van der Waals surface area contributed by atoms with Gasteiger partial charge in [0.15, 0.2) is 19.7 Å². The second kappa shape index (κ2) is 11.2. The zero-order valence-corrected chi connectivity index (χ0v) is 23.5. The van der Waals surface area contributed by atoms with Crippen molar-refractivity contribution in [3.05, 3.63) is 71.2 Å². The number of nitrogens with one attached hydrogen (secondary N) is 1. The number of carbonyl (C=O) groups excluding carboxylic acids is 1. The molecule has 0 radical (unpaired) electrons. The van der Waals surface area contributed by atoms with Crippen molar-refractivity contribution >= 4 is 14.2 Å². The van der Waals surface area contributed by atoms with Crippen LogP contribution in [0.5, 0.6) is 0 Å². The molecule has 2 atom stereocenters. The van der Waals surface area contributed by atoms with E-state index in [9.17, 15) is 15.1 Å². The summed E-state index contributed by atoms with van der Waals surface area (Å²) >= 11 is 0. The Hall–Kier alpha value is -2.89. The van der Waals surface area contributed by atoms with E-state index in [-0.39, 0.29) is 23.9 Å². The minimum Gasteiger partial charge on any atom is -0.409 e. The molecule has 0 unspecified atom stereocenters. The van der Waals surface area contributed by atoms with Crippen molar-refractivity contribution in [2.75, 3.05) is 0 Å². The van der Waals surface area contributed by atoms with Crippen LogP contribution in [-0.4, -0.2) is 40.3 Å². The SMILES string of the molecule is Cc1ccc(-c2ccc(CO[C@](C)(C(=O)NO)[C@@H](O)c3cc(CO[Si](C)(C)C(C)(C)C)on3)cc2)nc1. The standard InChI is InChI=1S/C27H37N3O6Si/c1-18-8-13-22(28-15-18)20-11-9-19(10-12-20)16-34-27(5,25(32)29-33)24(31)23-14-21(36-30-23)17-35-37(6,7)26(2,3)4/h8-15,24,31,33H,16-17H2,1-7H3,(H,29,32)/t24-,27-/m0/s1. The minimum atomic E-state index is -2.02. The molecule has 3 rings (SSSR count). The lowest BCUT2D eigenvalue weighted by atomic mass is 9.95. The average Bonchev–Trinajstić information content (AvgIpc) is 3.34. The van der Waals surface area contributed by atoms with Crippen LogP contribution < -0.4 is 5.48 Å². The molecule has 0 aliphatic rings. The maximum atomic E-state index is 12.6. The molecule has 0 saturated carbocycles. The molecule has 0 bridgehead atoms. The van der Waals surface area contributed by atoms with E-state index in [0.29, 0.717) is 5.76 Å². The maximum Gasteiger partial charge on any atom is 0.278 e. The van der Waals surface area contributed by atoms with Crippen LogP contribution in [0.2, 0.25) is 18.1 Å². The Bertz CT molecular complexity index is 1190. The summed E-state index contributed by atoms with van der Waals surface area (Å²) in [5.41, 5.74) is 3.47. The molecule has 0 fully saturated rings. The van der Waals surface area contributed by atoms with Gasteiger partial charge in [0.25, 0.3) is 5.91 Å². The molecule has 1 aromatic carbocycles. The molecule has 0 aliphatic carbocycles. The van der Waals surface area contributed by atoms with Crippen LogP contribution in [0.1, 0.15) is 56.4 Å². The summed E-state index contributed by atoms with van der Waals surface area (Å²) < 4.78 is 17.4. The summed E-state index contributed by atoms with van der Waals surface area (Å²) in [6.07, 6.45) is 0.294. The van der Waals surface area contributed by atoms with Gasteiger partial charge in [-0.3, -0.25) is 15.0 Å². The molecule has 3 N–H and O–H groups in total. The zero-order valence-electron chi connectivity index (χ0n) is 22.5. The second-order valence-corrected chi connectivity index (χ2v) is 15.7. The highest BCUT2D eigenvalue weighted by atomic mass is 28.4. The number of aliphatic hydroxyl groups excluding tert-OH is 1. The van der Waals surface area contributed by atoms with Crippen LogP contribution in [0, 0.1) is 6.92 Å². The van der Waals surface area contributed by atoms with Gasteiger partial charge < -0.3 is 18.8 Å². The Morgan fingerprint density at radius 3 is 2.35 bits per heavy atom.